The molecule has 0 unspecified atom stereocenters. The van der Waals surface area contributed by atoms with Crippen molar-refractivity contribution in [1.82, 2.24) is 9.78 Å². The van der Waals surface area contributed by atoms with Gasteiger partial charge in [-0.2, -0.15) is 5.10 Å². The number of aliphatic hydroxyl groups is 1. The number of nitrogens with zero attached hydrogens (tertiary/aromatic N) is 2. The Bertz CT molecular complexity index is 869. The van der Waals surface area contributed by atoms with E-state index in [4.69, 9.17) is 0 Å². The molecule has 0 spiro atoms. The highest BCUT2D eigenvalue weighted by Gasteiger charge is 2.55. The van der Waals surface area contributed by atoms with Crippen LogP contribution in [0.3, 0.4) is 0 Å². The molecular formula is C18H18BrF3N2O3. The monoisotopic (exact) mass is 446 g/mol. The molecule has 0 saturated heterocycles. The third-order valence-electron chi connectivity index (χ3n) is 5.17. The van der Waals surface area contributed by atoms with Crippen molar-refractivity contribution in [3.63, 3.8) is 0 Å². The maximum absolute atomic E-state index is 13.9. The molecular weight excluding hydrogens is 429 g/mol. The first-order valence-electron chi connectivity index (χ1n) is 8.34. The van der Waals surface area contributed by atoms with Crippen LogP contribution in [0.15, 0.2) is 28.7 Å². The van der Waals surface area contributed by atoms with Gasteiger partial charge in [-0.1, -0.05) is 0 Å². The Labute approximate surface area is 161 Å². The van der Waals surface area contributed by atoms with E-state index in [1.165, 1.54) is 35.9 Å². The number of halogens is 4. The predicted octanol–water partition coefficient (Wildman–Crippen LogP) is 4.26. The van der Waals surface area contributed by atoms with Gasteiger partial charge in [0, 0.05) is 18.8 Å². The van der Waals surface area contributed by atoms with Crippen molar-refractivity contribution in [2.75, 3.05) is 0 Å². The van der Waals surface area contributed by atoms with E-state index in [2.05, 4.69) is 21.0 Å². The zero-order valence-electron chi connectivity index (χ0n) is 14.4. The average Bonchev–Trinajstić information content (AvgIpc) is 2.91. The molecule has 2 aromatic rings. The number of aromatic nitrogens is 2. The molecule has 146 valence electrons. The van der Waals surface area contributed by atoms with E-state index in [9.17, 15) is 28.2 Å². The summed E-state index contributed by atoms with van der Waals surface area (Å²) in [6.07, 6.45) is -1.28. The molecule has 0 aliphatic heterocycles. The number of carboxylic acid groups (broad SMARTS) is 1. The Balaban J connectivity index is 2.11. The number of carboxylic acids is 1. The van der Waals surface area contributed by atoms with Crippen LogP contribution in [0.4, 0.5) is 13.2 Å². The van der Waals surface area contributed by atoms with E-state index in [1.54, 1.807) is 0 Å². The number of alkyl halides is 2. The van der Waals surface area contributed by atoms with Gasteiger partial charge in [0.2, 0.25) is 5.92 Å². The molecule has 1 heterocycles. The van der Waals surface area contributed by atoms with Gasteiger partial charge in [-0.25, -0.2) is 17.9 Å². The molecule has 1 fully saturated rings. The summed E-state index contributed by atoms with van der Waals surface area (Å²) in [7, 11) is 0. The standard InChI is InChI=1S/C18H18BrF3N2O3/c1-17(16(26)27)9-18(21,22)7-6-12(17)15-14(19)13(8-25)24(23-15)11-4-2-10(20)3-5-11/h2-5,12,25H,6-9H2,1H3,(H,26,27)/t12-,17+/m0/s1. The van der Waals surface area contributed by atoms with Gasteiger partial charge in [0.1, 0.15) is 5.82 Å². The predicted molar refractivity (Wildman–Crippen MR) is 94.4 cm³/mol. The van der Waals surface area contributed by atoms with E-state index < -0.39 is 48.5 Å². The SMILES string of the molecule is C[C@@]1(C(=O)O)CC(F)(F)CC[C@H]1c1nn(-c2ccc(F)cc2)c(CO)c1Br. The molecule has 9 heteroatoms. The van der Waals surface area contributed by atoms with Crippen molar-refractivity contribution < 1.29 is 28.2 Å². The summed E-state index contributed by atoms with van der Waals surface area (Å²) in [6, 6.07) is 5.38. The number of benzene rings is 1. The molecule has 2 atom stereocenters. The Morgan fingerprint density at radius 3 is 2.56 bits per heavy atom. The lowest BCUT2D eigenvalue weighted by molar-refractivity contribution is -0.163. The zero-order chi connectivity index (χ0) is 20.0. The molecule has 5 nitrogen and oxygen atoms in total. The highest BCUT2D eigenvalue weighted by atomic mass is 79.9. The van der Waals surface area contributed by atoms with Crippen molar-refractivity contribution in [2.45, 2.75) is 44.6 Å². The second-order valence-corrected chi connectivity index (χ2v) is 7.83. The van der Waals surface area contributed by atoms with Crippen molar-refractivity contribution in [2.24, 2.45) is 5.41 Å². The summed E-state index contributed by atoms with van der Waals surface area (Å²) in [4.78, 5) is 11.9. The molecule has 1 aromatic heterocycles. The lowest BCUT2D eigenvalue weighted by Gasteiger charge is -2.40. The summed E-state index contributed by atoms with van der Waals surface area (Å²) < 4.78 is 42.8. The first-order valence-corrected chi connectivity index (χ1v) is 9.13. The van der Waals surface area contributed by atoms with Gasteiger partial charge in [-0.15, -0.1) is 0 Å². The number of aliphatic carboxylic acids is 1. The van der Waals surface area contributed by atoms with Gasteiger partial charge < -0.3 is 10.2 Å². The number of hydrogen-bond acceptors (Lipinski definition) is 3. The maximum Gasteiger partial charge on any atom is 0.310 e. The van der Waals surface area contributed by atoms with Crippen LogP contribution in [0.5, 0.6) is 0 Å². The summed E-state index contributed by atoms with van der Waals surface area (Å²) >= 11 is 3.34. The van der Waals surface area contributed by atoms with Gasteiger partial charge in [0.25, 0.3) is 0 Å². The number of rotatable bonds is 4. The molecule has 0 radical (unpaired) electrons. The van der Waals surface area contributed by atoms with Crippen LogP contribution in [0.25, 0.3) is 5.69 Å². The van der Waals surface area contributed by atoms with Crippen LogP contribution in [-0.4, -0.2) is 31.9 Å². The average molecular weight is 447 g/mol. The van der Waals surface area contributed by atoms with Crippen molar-refractivity contribution in [3.05, 3.63) is 45.9 Å². The summed E-state index contributed by atoms with van der Waals surface area (Å²) in [5.41, 5.74) is -0.616. The molecule has 1 saturated carbocycles. The highest BCUT2D eigenvalue weighted by molar-refractivity contribution is 9.10. The van der Waals surface area contributed by atoms with Crippen molar-refractivity contribution in [1.29, 1.82) is 0 Å². The molecule has 1 aliphatic carbocycles. The van der Waals surface area contributed by atoms with Crippen molar-refractivity contribution >= 4 is 21.9 Å². The maximum atomic E-state index is 13.9. The summed E-state index contributed by atoms with van der Waals surface area (Å²) in [6.45, 7) is 0.882. The third kappa shape index (κ3) is 3.50. The molecule has 27 heavy (non-hydrogen) atoms. The lowest BCUT2D eigenvalue weighted by atomic mass is 9.65. The van der Waals surface area contributed by atoms with E-state index >= 15 is 0 Å². The molecule has 1 aliphatic rings. The van der Waals surface area contributed by atoms with E-state index in [-0.39, 0.29) is 6.42 Å². The minimum absolute atomic E-state index is 0.0559. The van der Waals surface area contributed by atoms with E-state index in [0.717, 1.165) is 0 Å². The third-order valence-corrected chi connectivity index (χ3v) is 6.04. The topological polar surface area (TPSA) is 75.3 Å². The van der Waals surface area contributed by atoms with E-state index in [0.29, 0.717) is 21.5 Å². The molecule has 0 amide bonds. The van der Waals surface area contributed by atoms with Gasteiger partial charge >= 0.3 is 5.97 Å². The Morgan fingerprint density at radius 1 is 1.37 bits per heavy atom. The second-order valence-electron chi connectivity index (χ2n) is 7.04. The van der Waals surface area contributed by atoms with Gasteiger partial charge in [0.15, 0.2) is 0 Å². The minimum Gasteiger partial charge on any atom is -0.481 e. The van der Waals surface area contributed by atoms with Gasteiger partial charge in [0.05, 0.1) is 33.6 Å². The van der Waals surface area contributed by atoms with Crippen LogP contribution in [0.1, 0.15) is 43.5 Å². The summed E-state index contributed by atoms with van der Waals surface area (Å²) in [5, 5.41) is 23.8. The fourth-order valence-corrected chi connectivity index (χ4v) is 4.34. The number of aliphatic hydroxyl groups excluding tert-OH is 1. The lowest BCUT2D eigenvalue weighted by Crippen LogP contribution is -2.44. The Kier molecular flexibility index (Phi) is 5.11. The Hall–Kier alpha value is -1.87. The highest BCUT2D eigenvalue weighted by Crippen LogP contribution is 2.53. The fourth-order valence-electron chi connectivity index (χ4n) is 3.69. The van der Waals surface area contributed by atoms with Gasteiger partial charge in [-0.3, -0.25) is 4.79 Å². The van der Waals surface area contributed by atoms with Crippen LogP contribution in [-0.2, 0) is 11.4 Å². The smallest absolute Gasteiger partial charge is 0.310 e. The van der Waals surface area contributed by atoms with Crippen LogP contribution in [0, 0.1) is 11.2 Å². The molecule has 3 rings (SSSR count). The van der Waals surface area contributed by atoms with Crippen molar-refractivity contribution in [3.8, 4) is 5.69 Å². The molecule has 0 bridgehead atoms. The quantitative estimate of drug-likeness (QED) is 0.735. The zero-order valence-corrected chi connectivity index (χ0v) is 16.0. The molecule has 2 N–H and O–H groups in total. The van der Waals surface area contributed by atoms with Crippen LogP contribution in [0.2, 0.25) is 0 Å². The molecule has 1 aromatic carbocycles. The first-order chi connectivity index (χ1) is 12.6. The number of carbonyl (C=O) groups is 1. The minimum atomic E-state index is -3.06. The second kappa shape index (κ2) is 6.94. The Morgan fingerprint density at radius 2 is 2.00 bits per heavy atom. The van der Waals surface area contributed by atoms with Crippen LogP contribution >= 0.6 is 15.9 Å². The largest absolute Gasteiger partial charge is 0.481 e. The van der Waals surface area contributed by atoms with Crippen LogP contribution < -0.4 is 0 Å². The van der Waals surface area contributed by atoms with Gasteiger partial charge in [-0.05, 0) is 53.5 Å². The number of hydrogen-bond donors (Lipinski definition) is 2. The first kappa shape index (κ1) is 19.9. The normalized spacial score (nSPS) is 24.7. The summed E-state index contributed by atoms with van der Waals surface area (Å²) in [5.74, 6) is -5.59. The fraction of sp³-hybridized carbons (Fsp3) is 0.444. The van der Waals surface area contributed by atoms with E-state index in [1.807, 2.05) is 0 Å².